The van der Waals surface area contributed by atoms with Gasteiger partial charge in [-0.05, 0) is 25.1 Å². The van der Waals surface area contributed by atoms with Gasteiger partial charge >= 0.3 is 0 Å². The molecule has 1 amide bonds. The Balaban J connectivity index is 3.03. The lowest BCUT2D eigenvalue weighted by Gasteiger charge is -2.18. The molecule has 1 aromatic rings. The first-order chi connectivity index (χ1) is 9.82. The van der Waals surface area contributed by atoms with Crippen molar-refractivity contribution in [1.82, 2.24) is 9.62 Å². The molecule has 2 N–H and O–H groups in total. The summed E-state index contributed by atoms with van der Waals surface area (Å²) in [5.74, 6) is -0.410. The summed E-state index contributed by atoms with van der Waals surface area (Å²) < 4.78 is 26.1. The number of aliphatic hydroxyl groups is 1. The largest absolute Gasteiger partial charge is 0.392 e. The average Bonchev–Trinajstić information content (AvgIpc) is 2.45. The van der Waals surface area contributed by atoms with Crippen molar-refractivity contribution in [3.63, 3.8) is 0 Å². The molecule has 6 nitrogen and oxygen atoms in total. The van der Waals surface area contributed by atoms with Crippen LogP contribution in [0.2, 0.25) is 0 Å². The smallest absolute Gasteiger partial charge is 0.251 e. The van der Waals surface area contributed by atoms with E-state index in [1.165, 1.54) is 22.5 Å². The number of rotatable bonds is 7. The van der Waals surface area contributed by atoms with E-state index in [4.69, 9.17) is 5.11 Å². The van der Waals surface area contributed by atoms with Crippen LogP contribution >= 0.6 is 0 Å². The van der Waals surface area contributed by atoms with Gasteiger partial charge in [0.15, 0.2) is 0 Å². The van der Waals surface area contributed by atoms with E-state index in [1.54, 1.807) is 26.8 Å². The van der Waals surface area contributed by atoms with Gasteiger partial charge in [0, 0.05) is 25.2 Å². The van der Waals surface area contributed by atoms with E-state index < -0.39 is 22.0 Å². The van der Waals surface area contributed by atoms with Gasteiger partial charge in [0.1, 0.15) is 0 Å². The van der Waals surface area contributed by atoms with Crippen LogP contribution in [-0.2, 0) is 10.0 Å². The van der Waals surface area contributed by atoms with E-state index >= 15 is 0 Å². The molecule has 0 aromatic heterocycles. The predicted molar refractivity (Wildman–Crippen MR) is 80.6 cm³/mol. The maximum absolute atomic E-state index is 12.4. The Morgan fingerprint density at radius 1 is 1.33 bits per heavy atom. The molecule has 1 rings (SSSR count). The summed E-state index contributed by atoms with van der Waals surface area (Å²) in [6.07, 6.45) is -0.656. The van der Waals surface area contributed by atoms with Crippen LogP contribution in [0.4, 0.5) is 0 Å². The summed E-state index contributed by atoms with van der Waals surface area (Å²) in [6.45, 7) is 5.95. The third-order valence-corrected chi connectivity index (χ3v) is 5.04. The lowest BCUT2D eigenvalue weighted by Crippen LogP contribution is -2.32. The van der Waals surface area contributed by atoms with Crippen LogP contribution in [0.3, 0.4) is 0 Å². The molecular weight excluding hydrogens is 292 g/mol. The SMILES string of the molecule is CCN(CC)S(=O)(=O)c1cccc(C(=O)NC[C@H](C)O)c1. The monoisotopic (exact) mass is 314 g/mol. The Morgan fingerprint density at radius 3 is 2.48 bits per heavy atom. The first-order valence-electron chi connectivity index (χ1n) is 6.89. The summed E-state index contributed by atoms with van der Waals surface area (Å²) in [6, 6.07) is 5.90. The number of nitrogens with one attached hydrogen (secondary N) is 1. The maximum atomic E-state index is 12.4. The van der Waals surface area contributed by atoms with Gasteiger partial charge < -0.3 is 10.4 Å². The van der Waals surface area contributed by atoms with E-state index in [1.807, 2.05) is 0 Å². The second-order valence-electron chi connectivity index (χ2n) is 4.68. The van der Waals surface area contributed by atoms with Gasteiger partial charge in [-0.2, -0.15) is 4.31 Å². The highest BCUT2D eigenvalue weighted by atomic mass is 32.2. The van der Waals surface area contributed by atoms with Crippen LogP contribution in [0.25, 0.3) is 0 Å². The second-order valence-corrected chi connectivity index (χ2v) is 6.61. The molecule has 7 heteroatoms. The van der Waals surface area contributed by atoms with Crippen molar-refractivity contribution >= 4 is 15.9 Å². The van der Waals surface area contributed by atoms with Crippen molar-refractivity contribution in [1.29, 1.82) is 0 Å². The molecular formula is C14H22N2O4S. The molecule has 0 spiro atoms. The Morgan fingerprint density at radius 2 is 1.95 bits per heavy atom. The molecule has 0 aliphatic rings. The highest BCUT2D eigenvalue weighted by molar-refractivity contribution is 7.89. The molecule has 0 aliphatic heterocycles. The maximum Gasteiger partial charge on any atom is 0.251 e. The summed E-state index contributed by atoms with van der Waals surface area (Å²) in [4.78, 5) is 12.0. The zero-order chi connectivity index (χ0) is 16.0. The normalized spacial score (nSPS) is 13.2. The molecule has 0 saturated carbocycles. The van der Waals surface area contributed by atoms with E-state index in [0.717, 1.165) is 0 Å². The summed E-state index contributed by atoms with van der Waals surface area (Å²) >= 11 is 0. The number of hydrogen-bond acceptors (Lipinski definition) is 4. The lowest BCUT2D eigenvalue weighted by molar-refractivity contribution is 0.0924. The number of sulfonamides is 1. The van der Waals surface area contributed by atoms with Crippen LogP contribution in [0.5, 0.6) is 0 Å². The zero-order valence-corrected chi connectivity index (χ0v) is 13.4. The van der Waals surface area contributed by atoms with E-state index in [9.17, 15) is 13.2 Å². The standard InChI is InChI=1S/C14H22N2O4S/c1-4-16(5-2)21(19,20)13-8-6-7-12(9-13)14(18)15-10-11(3)17/h6-9,11,17H,4-5,10H2,1-3H3,(H,15,18)/t11-/m0/s1. The molecule has 0 bridgehead atoms. The van der Waals surface area contributed by atoms with Crippen LogP contribution in [-0.4, -0.2) is 49.5 Å². The number of aliphatic hydroxyl groups excluding tert-OH is 1. The van der Waals surface area contributed by atoms with Gasteiger partial charge in [0.05, 0.1) is 11.0 Å². The van der Waals surface area contributed by atoms with Crippen molar-refractivity contribution in [2.24, 2.45) is 0 Å². The van der Waals surface area contributed by atoms with Crippen molar-refractivity contribution in [3.8, 4) is 0 Å². The minimum atomic E-state index is -3.58. The van der Waals surface area contributed by atoms with Gasteiger partial charge in [0.2, 0.25) is 10.0 Å². The minimum absolute atomic E-state index is 0.0934. The molecule has 0 fully saturated rings. The Bertz CT molecular complexity index is 580. The summed E-state index contributed by atoms with van der Waals surface area (Å²) in [5, 5.41) is 11.7. The first-order valence-corrected chi connectivity index (χ1v) is 8.33. The van der Waals surface area contributed by atoms with Crippen LogP contribution in [0.15, 0.2) is 29.2 Å². The fourth-order valence-electron chi connectivity index (χ4n) is 1.85. The molecule has 0 heterocycles. The third kappa shape index (κ3) is 4.52. The van der Waals surface area contributed by atoms with Crippen molar-refractivity contribution < 1.29 is 18.3 Å². The molecule has 1 aromatic carbocycles. The third-order valence-electron chi connectivity index (χ3n) is 3.00. The molecule has 21 heavy (non-hydrogen) atoms. The number of amides is 1. The predicted octanol–water partition coefficient (Wildman–Crippen LogP) is 0.828. The van der Waals surface area contributed by atoms with E-state index in [-0.39, 0.29) is 17.0 Å². The lowest BCUT2D eigenvalue weighted by atomic mass is 10.2. The number of hydrogen-bond donors (Lipinski definition) is 2. The second kappa shape index (κ2) is 7.53. The highest BCUT2D eigenvalue weighted by Gasteiger charge is 2.22. The van der Waals surface area contributed by atoms with Crippen LogP contribution in [0, 0.1) is 0 Å². The summed E-state index contributed by atoms with van der Waals surface area (Å²) in [5.41, 5.74) is 0.254. The van der Waals surface area contributed by atoms with Gasteiger partial charge in [-0.25, -0.2) is 8.42 Å². The van der Waals surface area contributed by atoms with E-state index in [2.05, 4.69) is 5.32 Å². The number of nitrogens with zero attached hydrogens (tertiary/aromatic N) is 1. The zero-order valence-electron chi connectivity index (χ0n) is 12.5. The molecule has 0 saturated heterocycles. The quantitative estimate of drug-likeness (QED) is 0.780. The molecule has 118 valence electrons. The summed E-state index contributed by atoms with van der Waals surface area (Å²) in [7, 11) is -3.58. The van der Waals surface area contributed by atoms with Crippen LogP contribution < -0.4 is 5.32 Å². The Kier molecular flexibility index (Phi) is 6.32. The molecule has 0 aliphatic carbocycles. The average molecular weight is 314 g/mol. The topological polar surface area (TPSA) is 86.7 Å². The molecule has 0 radical (unpaired) electrons. The number of carbonyl (C=O) groups is 1. The van der Waals surface area contributed by atoms with Gasteiger partial charge in [-0.1, -0.05) is 19.9 Å². The minimum Gasteiger partial charge on any atom is -0.392 e. The van der Waals surface area contributed by atoms with E-state index in [0.29, 0.717) is 13.1 Å². The fourth-order valence-corrected chi connectivity index (χ4v) is 3.36. The van der Waals surface area contributed by atoms with Gasteiger partial charge in [-0.15, -0.1) is 0 Å². The van der Waals surface area contributed by atoms with Gasteiger partial charge in [0.25, 0.3) is 5.91 Å². The van der Waals surface area contributed by atoms with Gasteiger partial charge in [-0.3, -0.25) is 4.79 Å². The Hall–Kier alpha value is -1.44. The molecule has 1 atom stereocenters. The highest BCUT2D eigenvalue weighted by Crippen LogP contribution is 2.16. The number of carbonyl (C=O) groups excluding carboxylic acids is 1. The fraction of sp³-hybridized carbons (Fsp3) is 0.500. The van der Waals surface area contributed by atoms with Crippen molar-refractivity contribution in [3.05, 3.63) is 29.8 Å². The molecule has 0 unspecified atom stereocenters. The van der Waals surface area contributed by atoms with Crippen LogP contribution in [0.1, 0.15) is 31.1 Å². The number of benzene rings is 1. The Labute approximate surface area is 125 Å². The van der Waals surface area contributed by atoms with Crippen molar-refractivity contribution in [2.45, 2.75) is 31.8 Å². The first kappa shape index (κ1) is 17.6. The van der Waals surface area contributed by atoms with Crippen molar-refractivity contribution in [2.75, 3.05) is 19.6 Å².